The number of fused-ring (bicyclic) bond motifs is 3. The Kier molecular flexibility index (Phi) is 14.8. The average molecular weight is 966 g/mol. The van der Waals surface area contributed by atoms with Crippen LogP contribution in [-0.4, -0.2) is 106 Å². The molecule has 2 aliphatic rings. The number of anilines is 1. The Morgan fingerprint density at radius 3 is 2.00 bits per heavy atom. The van der Waals surface area contributed by atoms with Crippen LogP contribution in [0.2, 0.25) is 69.5 Å². The van der Waals surface area contributed by atoms with Crippen molar-refractivity contribution in [3.05, 3.63) is 65.0 Å². The van der Waals surface area contributed by atoms with Crippen LogP contribution in [0.5, 0.6) is 0 Å². The number of amides is 1. The number of pyridine rings is 1. The summed E-state index contributed by atoms with van der Waals surface area (Å²) in [6.07, 6.45) is 5.63. The van der Waals surface area contributed by atoms with Gasteiger partial charge in [-0.1, -0.05) is 96.5 Å². The summed E-state index contributed by atoms with van der Waals surface area (Å²) in [7, 11) is -4.84. The molecule has 0 aliphatic carbocycles. The van der Waals surface area contributed by atoms with E-state index < -0.39 is 30.1 Å². The second-order valence-corrected chi connectivity index (χ2v) is 39.2. The van der Waals surface area contributed by atoms with Gasteiger partial charge >= 0.3 is 6.09 Å². The molecule has 1 aromatic carbocycles. The molecule has 0 N–H and O–H groups in total. The number of carbonyl (C=O) groups is 1. The molecule has 0 spiro atoms. The minimum atomic E-state index is -2.18. The fraction of sp³-hybridized carbons (Fsp3) is 0.617. The highest BCUT2D eigenvalue weighted by Crippen LogP contribution is 2.49. The molecule has 2 saturated heterocycles. The Hall–Kier alpha value is -2.93. The van der Waals surface area contributed by atoms with E-state index in [0.29, 0.717) is 33.1 Å². The summed E-state index contributed by atoms with van der Waals surface area (Å²) in [4.78, 5) is 28.7. The SMILES string of the molecule is CC(C)(C)OC(=O)N1C2CC(c3nc4c(-c5ccc(-c6ccccc6)nc5)cnn4c(N(COCC[Si](C)(C)C)COCC[Si](C)(C)C)c3Br)CC1C(O[Si](C)(C)C(C)(C)C)C2. The predicted octanol–water partition coefficient (Wildman–Crippen LogP) is 12.3. The Bertz CT molecular complexity index is 2120. The average Bonchev–Trinajstić information content (AvgIpc) is 3.67. The molecular weight excluding hydrogens is 893 g/mol. The summed E-state index contributed by atoms with van der Waals surface area (Å²) in [5, 5.41) is 5.06. The van der Waals surface area contributed by atoms with Gasteiger partial charge in [0.1, 0.15) is 19.1 Å². The summed E-state index contributed by atoms with van der Waals surface area (Å²) in [6.45, 7) is 33.5. The van der Waals surface area contributed by atoms with Gasteiger partial charge in [-0.15, -0.1) is 0 Å². The molecule has 11 nitrogen and oxygen atoms in total. The van der Waals surface area contributed by atoms with E-state index in [1.807, 2.05) is 60.8 Å². The minimum Gasteiger partial charge on any atom is -0.444 e. The lowest BCUT2D eigenvalue weighted by molar-refractivity contribution is -0.00102. The smallest absolute Gasteiger partial charge is 0.410 e. The zero-order valence-corrected chi connectivity index (χ0v) is 44.6. The van der Waals surface area contributed by atoms with Gasteiger partial charge in [-0.2, -0.15) is 9.61 Å². The van der Waals surface area contributed by atoms with Crippen LogP contribution < -0.4 is 4.90 Å². The monoisotopic (exact) mass is 964 g/mol. The van der Waals surface area contributed by atoms with Crippen molar-refractivity contribution in [1.82, 2.24) is 24.5 Å². The third kappa shape index (κ3) is 11.8. The van der Waals surface area contributed by atoms with Crippen LogP contribution >= 0.6 is 15.9 Å². The molecule has 4 atom stereocenters. The van der Waals surface area contributed by atoms with Gasteiger partial charge in [0.2, 0.25) is 0 Å². The highest BCUT2D eigenvalue weighted by Gasteiger charge is 2.54. The third-order valence-corrected chi connectivity index (χ3v) is 21.2. The Balaban J connectivity index is 1.45. The zero-order valence-electron chi connectivity index (χ0n) is 40.0. The van der Waals surface area contributed by atoms with Gasteiger partial charge in [0.15, 0.2) is 19.8 Å². The van der Waals surface area contributed by atoms with Gasteiger partial charge in [-0.3, -0.25) is 9.88 Å². The fourth-order valence-electron chi connectivity index (χ4n) is 8.01. The van der Waals surface area contributed by atoms with Crippen molar-refractivity contribution in [2.75, 3.05) is 31.6 Å². The van der Waals surface area contributed by atoms with E-state index in [0.717, 1.165) is 68.9 Å². The maximum Gasteiger partial charge on any atom is 0.410 e. The molecular formula is C47H73BrN6O5Si3. The maximum atomic E-state index is 14.1. The van der Waals surface area contributed by atoms with Gasteiger partial charge in [-0.05, 0) is 92.3 Å². The number of hydrogen-bond donors (Lipinski definition) is 0. The van der Waals surface area contributed by atoms with Crippen molar-refractivity contribution >= 4 is 58.0 Å². The van der Waals surface area contributed by atoms with Crippen molar-refractivity contribution in [3.8, 4) is 22.4 Å². The van der Waals surface area contributed by atoms with E-state index >= 15 is 0 Å². The number of aromatic nitrogens is 4. The van der Waals surface area contributed by atoms with E-state index in [4.69, 9.17) is 33.7 Å². The van der Waals surface area contributed by atoms with Gasteiger partial charge in [0.25, 0.3) is 0 Å². The van der Waals surface area contributed by atoms with Crippen LogP contribution in [-0.2, 0) is 18.6 Å². The van der Waals surface area contributed by atoms with Gasteiger partial charge in [-0.25, -0.2) is 9.78 Å². The molecule has 3 aromatic heterocycles. The minimum absolute atomic E-state index is 0.0126. The molecule has 62 heavy (non-hydrogen) atoms. The first-order chi connectivity index (χ1) is 28.8. The number of rotatable bonds is 16. The summed E-state index contributed by atoms with van der Waals surface area (Å²) in [5.74, 6) is 0.848. The number of carbonyl (C=O) groups excluding carboxylic acids is 1. The topological polar surface area (TPSA) is 104 Å². The van der Waals surface area contributed by atoms with E-state index in [9.17, 15) is 4.79 Å². The summed E-state index contributed by atoms with van der Waals surface area (Å²) in [5.41, 5.74) is 4.84. The van der Waals surface area contributed by atoms with Crippen LogP contribution in [0.1, 0.15) is 72.4 Å². The van der Waals surface area contributed by atoms with Crippen LogP contribution in [0.15, 0.2) is 59.3 Å². The molecule has 0 saturated carbocycles. The van der Waals surface area contributed by atoms with Crippen molar-refractivity contribution < 1.29 is 23.4 Å². The number of piperidine rings is 1. The first-order valence-electron chi connectivity index (χ1n) is 22.5. The molecule has 4 unspecified atom stereocenters. The second-order valence-electron chi connectivity index (χ2n) is 22.4. The normalized spacial score (nSPS) is 20.0. The lowest BCUT2D eigenvalue weighted by Gasteiger charge is -2.43. The van der Waals surface area contributed by atoms with Gasteiger partial charge < -0.3 is 23.5 Å². The van der Waals surface area contributed by atoms with Crippen LogP contribution in [0.4, 0.5) is 10.6 Å². The van der Waals surface area contributed by atoms with Crippen molar-refractivity contribution in [2.24, 2.45) is 0 Å². The van der Waals surface area contributed by atoms with Crippen molar-refractivity contribution in [2.45, 2.75) is 160 Å². The van der Waals surface area contributed by atoms with E-state index in [2.05, 4.69) is 118 Å². The van der Waals surface area contributed by atoms with E-state index in [1.165, 1.54) is 0 Å². The molecule has 4 aromatic rings. The highest BCUT2D eigenvalue weighted by molar-refractivity contribution is 9.10. The Morgan fingerprint density at radius 1 is 0.823 bits per heavy atom. The lowest BCUT2D eigenvalue weighted by Crippen LogP contribution is -2.52. The Labute approximate surface area is 382 Å². The quantitative estimate of drug-likeness (QED) is 0.0617. The molecule has 2 fully saturated rings. The van der Waals surface area contributed by atoms with Gasteiger partial charge in [0.05, 0.1) is 34.2 Å². The third-order valence-electron chi connectivity index (χ3n) is 12.5. The zero-order chi connectivity index (χ0) is 45.4. The van der Waals surface area contributed by atoms with Gasteiger partial charge in [0, 0.05) is 64.2 Å². The number of nitrogens with zero attached hydrogens (tertiary/aromatic N) is 6. The molecule has 15 heteroatoms. The number of ether oxygens (including phenoxy) is 3. The van der Waals surface area contributed by atoms with E-state index in [-0.39, 0.29) is 35.2 Å². The number of benzene rings is 1. The molecule has 1 amide bonds. The molecule has 2 aliphatic heterocycles. The standard InChI is InChI=1S/C47H73BrN6O5Si3/c1-46(2,3)58-45(55)53-36-26-35(27-39(53)40(28-36)59-62(13,14)47(4,5)6)42-41(48)44(52(31-56-22-24-60(7,8)9)32-57-23-25-61(10,11)12)54-43(51-42)37(30-50-54)34-20-21-38(49-29-34)33-18-16-15-17-19-33/h15-21,29-30,35-36,39-40H,22-28,31-32H2,1-14H3. The first-order valence-corrected chi connectivity index (χ1v) is 33.6. The highest BCUT2D eigenvalue weighted by atomic mass is 79.9. The summed E-state index contributed by atoms with van der Waals surface area (Å²) in [6, 6.07) is 16.3. The molecule has 340 valence electrons. The van der Waals surface area contributed by atoms with E-state index in [1.54, 1.807) is 0 Å². The lowest BCUT2D eigenvalue weighted by atomic mass is 9.87. The molecule has 6 rings (SSSR count). The second kappa shape index (κ2) is 18.9. The molecule has 0 radical (unpaired) electrons. The Morgan fingerprint density at radius 2 is 1.45 bits per heavy atom. The number of halogens is 1. The van der Waals surface area contributed by atoms with Crippen LogP contribution in [0.25, 0.3) is 28.0 Å². The van der Waals surface area contributed by atoms with Crippen LogP contribution in [0, 0.1) is 0 Å². The van der Waals surface area contributed by atoms with Crippen molar-refractivity contribution in [3.63, 3.8) is 0 Å². The largest absolute Gasteiger partial charge is 0.444 e. The summed E-state index contributed by atoms with van der Waals surface area (Å²) >= 11 is 4.15. The number of hydrogen-bond acceptors (Lipinski definition) is 9. The molecule has 2 bridgehead atoms. The van der Waals surface area contributed by atoms with Crippen LogP contribution in [0.3, 0.4) is 0 Å². The summed E-state index contributed by atoms with van der Waals surface area (Å²) < 4.78 is 29.1. The first kappa shape index (κ1) is 48.5. The predicted molar refractivity (Wildman–Crippen MR) is 264 cm³/mol. The molecule has 5 heterocycles. The van der Waals surface area contributed by atoms with Crippen molar-refractivity contribution in [1.29, 1.82) is 0 Å². The fourth-order valence-corrected chi connectivity index (χ4v) is 11.7. The maximum absolute atomic E-state index is 14.1.